The maximum absolute atomic E-state index is 12.2. The van der Waals surface area contributed by atoms with Crippen LogP contribution in [-0.4, -0.2) is 29.6 Å². The molecule has 1 aromatic carbocycles. The van der Waals surface area contributed by atoms with Crippen LogP contribution in [0.3, 0.4) is 0 Å². The van der Waals surface area contributed by atoms with Crippen LogP contribution < -0.4 is 10.6 Å². The number of anilines is 1. The van der Waals surface area contributed by atoms with Crippen LogP contribution in [0.15, 0.2) is 12.1 Å². The molecule has 21 heavy (non-hydrogen) atoms. The SMILES string of the molecule is CCCC(=O)Nc1c(Cl)cc(Cl)cc1C(=O)NC(C)CO. The summed E-state index contributed by atoms with van der Waals surface area (Å²) in [6.07, 6.45) is 1.01. The van der Waals surface area contributed by atoms with E-state index in [0.29, 0.717) is 12.8 Å². The summed E-state index contributed by atoms with van der Waals surface area (Å²) in [4.78, 5) is 23.9. The van der Waals surface area contributed by atoms with Crippen LogP contribution in [0.1, 0.15) is 37.0 Å². The van der Waals surface area contributed by atoms with Crippen molar-refractivity contribution in [3.63, 3.8) is 0 Å². The second kappa shape index (κ2) is 8.22. The third-order valence-corrected chi connectivity index (χ3v) is 3.21. The molecule has 0 aromatic heterocycles. The van der Waals surface area contributed by atoms with Gasteiger partial charge in [0.2, 0.25) is 5.91 Å². The average molecular weight is 333 g/mol. The Morgan fingerprint density at radius 2 is 2.00 bits per heavy atom. The highest BCUT2D eigenvalue weighted by molar-refractivity contribution is 6.38. The number of carbonyl (C=O) groups excluding carboxylic acids is 2. The molecular formula is C14H18Cl2N2O3. The number of rotatable bonds is 6. The average Bonchev–Trinajstić information content (AvgIpc) is 2.41. The zero-order valence-corrected chi connectivity index (χ0v) is 13.4. The Bertz CT molecular complexity index is 535. The summed E-state index contributed by atoms with van der Waals surface area (Å²) in [6.45, 7) is 3.33. The molecule has 0 fully saturated rings. The highest BCUT2D eigenvalue weighted by atomic mass is 35.5. The largest absolute Gasteiger partial charge is 0.394 e. The first-order valence-electron chi connectivity index (χ1n) is 6.59. The Hall–Kier alpha value is -1.30. The summed E-state index contributed by atoms with van der Waals surface area (Å²) < 4.78 is 0. The highest BCUT2D eigenvalue weighted by Gasteiger charge is 2.19. The van der Waals surface area contributed by atoms with Gasteiger partial charge in [-0.3, -0.25) is 9.59 Å². The van der Waals surface area contributed by atoms with Crippen molar-refractivity contribution >= 4 is 40.7 Å². The first kappa shape index (κ1) is 17.8. The van der Waals surface area contributed by atoms with Gasteiger partial charge >= 0.3 is 0 Å². The van der Waals surface area contributed by atoms with Crippen LogP contribution in [0.5, 0.6) is 0 Å². The molecule has 1 unspecified atom stereocenters. The second-order valence-corrected chi connectivity index (χ2v) is 5.51. The molecular weight excluding hydrogens is 315 g/mol. The minimum absolute atomic E-state index is 0.164. The van der Waals surface area contributed by atoms with Gasteiger partial charge in [-0.2, -0.15) is 0 Å². The first-order chi connectivity index (χ1) is 9.88. The van der Waals surface area contributed by atoms with Crippen LogP contribution in [-0.2, 0) is 4.79 Å². The number of carbonyl (C=O) groups is 2. The van der Waals surface area contributed by atoms with Crippen molar-refractivity contribution in [3.8, 4) is 0 Å². The number of aliphatic hydroxyl groups is 1. The van der Waals surface area contributed by atoms with Crippen molar-refractivity contribution in [1.82, 2.24) is 5.32 Å². The summed E-state index contributed by atoms with van der Waals surface area (Å²) in [5.41, 5.74) is 0.388. The first-order valence-corrected chi connectivity index (χ1v) is 7.35. The van der Waals surface area contributed by atoms with E-state index in [9.17, 15) is 9.59 Å². The maximum atomic E-state index is 12.2. The predicted octanol–water partition coefficient (Wildman–Crippen LogP) is 2.84. The number of amides is 2. The van der Waals surface area contributed by atoms with E-state index in [1.165, 1.54) is 12.1 Å². The quantitative estimate of drug-likeness (QED) is 0.749. The van der Waals surface area contributed by atoms with E-state index >= 15 is 0 Å². The molecule has 5 nitrogen and oxygen atoms in total. The summed E-state index contributed by atoms with van der Waals surface area (Å²) in [5, 5.41) is 14.7. The lowest BCUT2D eigenvalue weighted by atomic mass is 10.1. The van der Waals surface area contributed by atoms with Gasteiger partial charge in [0, 0.05) is 17.5 Å². The van der Waals surface area contributed by atoms with Crippen molar-refractivity contribution in [2.45, 2.75) is 32.7 Å². The topological polar surface area (TPSA) is 78.4 Å². The van der Waals surface area contributed by atoms with E-state index in [1.54, 1.807) is 6.92 Å². The lowest BCUT2D eigenvalue weighted by Gasteiger charge is -2.16. The van der Waals surface area contributed by atoms with Gasteiger partial charge in [-0.1, -0.05) is 30.1 Å². The molecule has 116 valence electrons. The van der Waals surface area contributed by atoms with Crippen LogP contribution in [0, 0.1) is 0 Å². The van der Waals surface area contributed by atoms with Gasteiger partial charge < -0.3 is 15.7 Å². The van der Waals surface area contributed by atoms with Crippen molar-refractivity contribution in [2.24, 2.45) is 0 Å². The van der Waals surface area contributed by atoms with Crippen LogP contribution in [0.2, 0.25) is 10.0 Å². The third kappa shape index (κ3) is 5.19. The van der Waals surface area contributed by atoms with Crippen molar-refractivity contribution in [3.05, 3.63) is 27.7 Å². The number of aliphatic hydroxyl groups excluding tert-OH is 1. The molecule has 0 radical (unpaired) electrons. The van der Waals surface area contributed by atoms with Crippen molar-refractivity contribution in [1.29, 1.82) is 0 Å². The van der Waals surface area contributed by atoms with Gasteiger partial charge in [0.1, 0.15) is 0 Å². The fourth-order valence-corrected chi connectivity index (χ4v) is 2.20. The minimum atomic E-state index is -0.465. The molecule has 0 heterocycles. The number of hydrogen-bond donors (Lipinski definition) is 3. The third-order valence-electron chi connectivity index (χ3n) is 2.69. The van der Waals surface area contributed by atoms with Gasteiger partial charge in [-0.25, -0.2) is 0 Å². The van der Waals surface area contributed by atoms with E-state index in [4.69, 9.17) is 28.3 Å². The fourth-order valence-electron chi connectivity index (χ4n) is 1.66. The van der Waals surface area contributed by atoms with Gasteiger partial charge in [0.15, 0.2) is 0 Å². The Morgan fingerprint density at radius 3 is 2.57 bits per heavy atom. The van der Waals surface area contributed by atoms with E-state index in [2.05, 4.69) is 10.6 Å². The van der Waals surface area contributed by atoms with Gasteiger partial charge in [0.25, 0.3) is 5.91 Å². The van der Waals surface area contributed by atoms with Crippen LogP contribution in [0.25, 0.3) is 0 Å². The molecule has 0 spiro atoms. The van der Waals surface area contributed by atoms with Crippen molar-refractivity contribution < 1.29 is 14.7 Å². The molecule has 0 aliphatic rings. The number of benzene rings is 1. The molecule has 3 N–H and O–H groups in total. The molecule has 0 bridgehead atoms. The lowest BCUT2D eigenvalue weighted by Crippen LogP contribution is -2.35. The standard InChI is InChI=1S/C14H18Cl2N2O3/c1-3-4-12(20)18-13-10(5-9(15)6-11(13)16)14(21)17-8(2)7-19/h5-6,8,19H,3-4,7H2,1-2H3,(H,17,21)(H,18,20). The highest BCUT2D eigenvalue weighted by Crippen LogP contribution is 2.30. The smallest absolute Gasteiger partial charge is 0.253 e. The molecule has 1 aromatic rings. The Balaban J connectivity index is 3.11. The molecule has 0 aliphatic heterocycles. The Labute approximate surface area is 133 Å². The number of nitrogens with one attached hydrogen (secondary N) is 2. The summed E-state index contributed by atoms with van der Waals surface area (Å²) >= 11 is 12.0. The van der Waals surface area contributed by atoms with E-state index < -0.39 is 11.9 Å². The van der Waals surface area contributed by atoms with Gasteiger partial charge in [-0.05, 0) is 25.5 Å². The molecule has 0 saturated carbocycles. The molecule has 0 saturated heterocycles. The molecule has 1 atom stereocenters. The van der Waals surface area contributed by atoms with E-state index in [1.807, 2.05) is 6.92 Å². The Morgan fingerprint density at radius 1 is 1.33 bits per heavy atom. The van der Waals surface area contributed by atoms with E-state index in [0.717, 1.165) is 0 Å². The lowest BCUT2D eigenvalue weighted by molar-refractivity contribution is -0.116. The molecule has 1 rings (SSSR count). The van der Waals surface area contributed by atoms with Gasteiger partial charge in [0.05, 0.1) is 22.9 Å². The monoisotopic (exact) mass is 332 g/mol. The normalized spacial score (nSPS) is 11.9. The predicted molar refractivity (Wildman–Crippen MR) is 84.0 cm³/mol. The van der Waals surface area contributed by atoms with E-state index in [-0.39, 0.29) is 33.8 Å². The zero-order chi connectivity index (χ0) is 16.0. The summed E-state index contributed by atoms with van der Waals surface area (Å²) in [7, 11) is 0. The summed E-state index contributed by atoms with van der Waals surface area (Å²) in [5.74, 6) is -0.696. The zero-order valence-electron chi connectivity index (χ0n) is 11.9. The number of hydrogen-bond acceptors (Lipinski definition) is 3. The minimum Gasteiger partial charge on any atom is -0.394 e. The maximum Gasteiger partial charge on any atom is 0.253 e. The van der Waals surface area contributed by atoms with Gasteiger partial charge in [-0.15, -0.1) is 0 Å². The second-order valence-electron chi connectivity index (χ2n) is 4.67. The fraction of sp³-hybridized carbons (Fsp3) is 0.429. The number of halogens is 2. The van der Waals surface area contributed by atoms with Crippen LogP contribution in [0.4, 0.5) is 5.69 Å². The molecule has 7 heteroatoms. The molecule has 2 amide bonds. The van der Waals surface area contributed by atoms with Crippen LogP contribution >= 0.6 is 23.2 Å². The van der Waals surface area contributed by atoms with Crippen molar-refractivity contribution in [2.75, 3.05) is 11.9 Å². The molecule has 0 aliphatic carbocycles. The Kier molecular flexibility index (Phi) is 6.95. The summed E-state index contributed by atoms with van der Waals surface area (Å²) in [6, 6.07) is 2.46.